The number of benzene rings is 9. The molecule has 3 heteroatoms. The molecule has 0 N–H and O–H groups in total. The molecule has 2 aliphatic carbocycles. The van der Waals surface area contributed by atoms with Gasteiger partial charge in [0, 0.05) is 16.7 Å². The van der Waals surface area contributed by atoms with Crippen LogP contribution in [0, 0.1) is 0 Å². The van der Waals surface area contributed by atoms with E-state index < -0.39 is 10.8 Å². The molecule has 0 radical (unpaired) electrons. The zero-order valence-electron chi connectivity index (χ0n) is 33.9. The van der Waals surface area contributed by atoms with E-state index in [1.54, 1.807) is 0 Å². The molecule has 1 aromatic heterocycles. The zero-order chi connectivity index (χ0) is 41.1. The fraction of sp³-hybridized carbons (Fsp3) is 0.0339. The maximum atomic E-state index is 5.41. The summed E-state index contributed by atoms with van der Waals surface area (Å²) in [6, 6.07) is 85.2. The summed E-state index contributed by atoms with van der Waals surface area (Å²) in [4.78, 5) is 16.0. The van der Waals surface area contributed by atoms with E-state index >= 15 is 0 Å². The monoisotopic (exact) mass is 789 g/mol. The molecule has 2 aliphatic rings. The summed E-state index contributed by atoms with van der Waals surface area (Å²) in [6.45, 7) is 0. The Balaban J connectivity index is 1.10. The number of hydrogen-bond donors (Lipinski definition) is 0. The van der Waals surface area contributed by atoms with Gasteiger partial charge in [-0.25, -0.2) is 15.0 Å². The average Bonchev–Trinajstić information content (AvgIpc) is 3.83. The van der Waals surface area contributed by atoms with Gasteiger partial charge in [0.05, 0.1) is 10.8 Å². The zero-order valence-corrected chi connectivity index (χ0v) is 33.9. The van der Waals surface area contributed by atoms with Crippen molar-refractivity contribution < 1.29 is 0 Å². The van der Waals surface area contributed by atoms with Crippen molar-refractivity contribution in [3.63, 3.8) is 0 Å². The van der Waals surface area contributed by atoms with Gasteiger partial charge < -0.3 is 0 Å². The maximum absolute atomic E-state index is 5.41. The summed E-state index contributed by atoms with van der Waals surface area (Å²) in [5.41, 5.74) is 16.4. The van der Waals surface area contributed by atoms with Gasteiger partial charge in [-0.1, -0.05) is 224 Å². The standard InChI is InChI=1S/C59H39N3/c1-6-20-40(21-7-1)55-60-56(41-34-36-49-47-30-16-18-32-51(47)58(53(49)38-41,43-22-8-2-9-23-43)44-24-10-3-11-25-44)62-57(61-55)42-35-37-50-48-31-17-19-33-52(48)59(54(50)39-42,45-26-12-4-13-27-45)46-28-14-5-15-29-46/h1-39H. The van der Waals surface area contributed by atoms with E-state index in [2.05, 4.69) is 218 Å². The lowest BCUT2D eigenvalue weighted by atomic mass is 9.67. The fourth-order valence-corrected chi connectivity index (χ4v) is 10.5. The SMILES string of the molecule is c1ccc(-c2nc(-c3ccc4c(c3)C(c3ccccc3)(c3ccccc3)c3ccccc3-4)nc(-c3ccc4c(c3)C(c3ccccc3)(c3ccccc3)c3ccccc3-4)n2)cc1. The highest BCUT2D eigenvalue weighted by Crippen LogP contribution is 2.58. The lowest BCUT2D eigenvalue weighted by molar-refractivity contribution is 0.768. The molecular formula is C59H39N3. The van der Waals surface area contributed by atoms with Gasteiger partial charge in [-0.2, -0.15) is 0 Å². The van der Waals surface area contributed by atoms with Gasteiger partial charge >= 0.3 is 0 Å². The van der Waals surface area contributed by atoms with E-state index in [4.69, 9.17) is 15.0 Å². The number of nitrogens with zero attached hydrogens (tertiary/aromatic N) is 3. The molecule has 0 saturated carbocycles. The molecule has 0 bridgehead atoms. The van der Waals surface area contributed by atoms with E-state index in [-0.39, 0.29) is 0 Å². The number of aromatic nitrogens is 3. The Bertz CT molecular complexity index is 2990. The topological polar surface area (TPSA) is 38.7 Å². The Morgan fingerprint density at radius 2 is 0.516 bits per heavy atom. The van der Waals surface area contributed by atoms with Crippen molar-refractivity contribution in [3.8, 4) is 56.4 Å². The van der Waals surface area contributed by atoms with Crippen LogP contribution in [0.5, 0.6) is 0 Å². The molecule has 10 aromatic rings. The Morgan fingerprint density at radius 1 is 0.226 bits per heavy atom. The first-order chi connectivity index (χ1) is 30.7. The van der Waals surface area contributed by atoms with Crippen LogP contribution in [-0.4, -0.2) is 15.0 Å². The van der Waals surface area contributed by atoms with Crippen LogP contribution in [-0.2, 0) is 10.8 Å². The van der Waals surface area contributed by atoms with Gasteiger partial charge in [-0.15, -0.1) is 0 Å². The number of hydrogen-bond acceptors (Lipinski definition) is 3. The smallest absolute Gasteiger partial charge is 0.164 e. The van der Waals surface area contributed by atoms with E-state index in [0.29, 0.717) is 17.5 Å². The van der Waals surface area contributed by atoms with Gasteiger partial charge in [-0.3, -0.25) is 0 Å². The van der Waals surface area contributed by atoms with Crippen LogP contribution >= 0.6 is 0 Å². The van der Waals surface area contributed by atoms with Crippen LogP contribution in [0.15, 0.2) is 237 Å². The minimum atomic E-state index is -0.546. The van der Waals surface area contributed by atoms with Crippen molar-refractivity contribution in [2.24, 2.45) is 0 Å². The van der Waals surface area contributed by atoms with Crippen molar-refractivity contribution in [1.29, 1.82) is 0 Å². The Kier molecular flexibility index (Phi) is 8.29. The molecule has 3 nitrogen and oxygen atoms in total. The highest BCUT2D eigenvalue weighted by Gasteiger charge is 2.47. The molecule has 0 spiro atoms. The summed E-state index contributed by atoms with van der Waals surface area (Å²) in [6.07, 6.45) is 0. The summed E-state index contributed by atoms with van der Waals surface area (Å²) >= 11 is 0. The van der Waals surface area contributed by atoms with E-state index in [9.17, 15) is 0 Å². The van der Waals surface area contributed by atoms with Crippen molar-refractivity contribution in [1.82, 2.24) is 15.0 Å². The van der Waals surface area contributed by atoms with Crippen molar-refractivity contribution >= 4 is 0 Å². The van der Waals surface area contributed by atoms with E-state index in [1.807, 2.05) is 18.2 Å². The van der Waals surface area contributed by atoms with Crippen LogP contribution < -0.4 is 0 Å². The summed E-state index contributed by atoms with van der Waals surface area (Å²) in [7, 11) is 0. The predicted octanol–water partition coefficient (Wildman–Crippen LogP) is 13.6. The Morgan fingerprint density at radius 3 is 0.887 bits per heavy atom. The van der Waals surface area contributed by atoms with Crippen LogP contribution in [0.1, 0.15) is 44.5 Å². The molecule has 62 heavy (non-hydrogen) atoms. The molecule has 12 rings (SSSR count). The molecule has 0 fully saturated rings. The third-order valence-electron chi connectivity index (χ3n) is 13.1. The summed E-state index contributed by atoms with van der Waals surface area (Å²) in [5, 5.41) is 0. The average molecular weight is 790 g/mol. The lowest BCUT2D eigenvalue weighted by Gasteiger charge is -2.34. The Hall–Kier alpha value is -8.01. The minimum Gasteiger partial charge on any atom is -0.208 e. The third kappa shape index (κ3) is 5.28. The lowest BCUT2D eigenvalue weighted by Crippen LogP contribution is -2.28. The maximum Gasteiger partial charge on any atom is 0.164 e. The Labute approximate surface area is 361 Å². The van der Waals surface area contributed by atoms with Crippen LogP contribution in [0.25, 0.3) is 56.4 Å². The first-order valence-electron chi connectivity index (χ1n) is 21.3. The molecule has 9 aromatic carbocycles. The van der Waals surface area contributed by atoms with Gasteiger partial charge in [-0.05, 0) is 78.9 Å². The molecule has 290 valence electrons. The van der Waals surface area contributed by atoms with Crippen molar-refractivity contribution in [2.75, 3.05) is 0 Å². The predicted molar refractivity (Wildman–Crippen MR) is 251 cm³/mol. The van der Waals surface area contributed by atoms with E-state index in [1.165, 1.54) is 66.8 Å². The number of fused-ring (bicyclic) bond motifs is 6. The van der Waals surface area contributed by atoms with E-state index in [0.717, 1.165) is 16.7 Å². The first kappa shape index (κ1) is 35.9. The normalized spacial score (nSPS) is 13.7. The molecule has 0 amide bonds. The molecule has 0 saturated heterocycles. The fourth-order valence-electron chi connectivity index (χ4n) is 10.5. The molecule has 0 aliphatic heterocycles. The molecule has 1 heterocycles. The number of rotatable bonds is 7. The van der Waals surface area contributed by atoms with Crippen molar-refractivity contribution in [3.05, 3.63) is 281 Å². The quantitative estimate of drug-likeness (QED) is 0.161. The minimum absolute atomic E-state index is 0.546. The summed E-state index contributed by atoms with van der Waals surface area (Å²) < 4.78 is 0. The van der Waals surface area contributed by atoms with Crippen molar-refractivity contribution in [2.45, 2.75) is 10.8 Å². The highest BCUT2D eigenvalue weighted by atomic mass is 15.0. The summed E-state index contributed by atoms with van der Waals surface area (Å²) in [5.74, 6) is 1.89. The first-order valence-corrected chi connectivity index (χ1v) is 21.3. The van der Waals surface area contributed by atoms with Gasteiger partial charge in [0.15, 0.2) is 17.5 Å². The molecule has 0 unspecified atom stereocenters. The van der Waals surface area contributed by atoms with Gasteiger partial charge in [0.25, 0.3) is 0 Å². The highest BCUT2D eigenvalue weighted by molar-refractivity contribution is 5.90. The van der Waals surface area contributed by atoms with Gasteiger partial charge in [0.1, 0.15) is 0 Å². The second-order valence-corrected chi connectivity index (χ2v) is 16.2. The molecular weight excluding hydrogens is 751 g/mol. The van der Waals surface area contributed by atoms with Crippen LogP contribution in [0.4, 0.5) is 0 Å². The van der Waals surface area contributed by atoms with Gasteiger partial charge in [0.2, 0.25) is 0 Å². The largest absolute Gasteiger partial charge is 0.208 e. The van der Waals surface area contributed by atoms with Crippen LogP contribution in [0.2, 0.25) is 0 Å². The second-order valence-electron chi connectivity index (χ2n) is 16.2. The second kappa shape index (κ2) is 14.3. The molecule has 0 atom stereocenters. The third-order valence-corrected chi connectivity index (χ3v) is 13.1. The van der Waals surface area contributed by atoms with Crippen LogP contribution in [0.3, 0.4) is 0 Å².